The van der Waals surface area contributed by atoms with E-state index in [1.807, 2.05) is 84.7 Å². The Hall–Kier alpha value is -3.03. The number of Topliss-reactive ketones (excluding diaryl/α,β-unsaturated/α-hetero) is 1. The van der Waals surface area contributed by atoms with Gasteiger partial charge in [-0.25, -0.2) is 5.01 Å². The zero-order chi connectivity index (χ0) is 21.4. The summed E-state index contributed by atoms with van der Waals surface area (Å²) in [6.07, 6.45) is 0. The molecule has 1 atom stereocenters. The van der Waals surface area contributed by atoms with Gasteiger partial charge in [-0.05, 0) is 43.0 Å². The van der Waals surface area contributed by atoms with Crippen molar-refractivity contribution >= 4 is 51.6 Å². The summed E-state index contributed by atoms with van der Waals surface area (Å²) in [5.41, 5.74) is 3.32. The molecule has 5 nitrogen and oxygen atoms in total. The van der Waals surface area contributed by atoms with Crippen LogP contribution in [0.5, 0.6) is 0 Å². The van der Waals surface area contributed by atoms with Gasteiger partial charge in [-0.1, -0.05) is 78.0 Å². The number of ketones is 1. The van der Waals surface area contributed by atoms with Crippen LogP contribution in [0.3, 0.4) is 0 Å². The van der Waals surface area contributed by atoms with E-state index in [2.05, 4.69) is 0 Å². The van der Waals surface area contributed by atoms with E-state index in [1.54, 1.807) is 17.0 Å². The second kappa shape index (κ2) is 7.90. The second-order valence-electron chi connectivity index (χ2n) is 7.25. The highest BCUT2D eigenvalue weighted by atomic mass is 32.2. The van der Waals surface area contributed by atoms with Gasteiger partial charge in [0.15, 0.2) is 5.04 Å². The highest BCUT2D eigenvalue weighted by Gasteiger charge is 2.57. The van der Waals surface area contributed by atoms with Gasteiger partial charge in [0.1, 0.15) is 0 Å². The number of carbonyl (C=O) groups is 2. The van der Waals surface area contributed by atoms with Gasteiger partial charge < -0.3 is 0 Å². The molecule has 1 saturated heterocycles. The summed E-state index contributed by atoms with van der Waals surface area (Å²) in [4.78, 5) is 28.1. The molecule has 1 spiro atoms. The molecule has 2 aliphatic rings. The first-order valence-electron chi connectivity index (χ1n) is 9.85. The van der Waals surface area contributed by atoms with Crippen LogP contribution in [0.2, 0.25) is 0 Å². The Morgan fingerprint density at radius 3 is 2.23 bits per heavy atom. The Kier molecular flexibility index (Phi) is 5.08. The van der Waals surface area contributed by atoms with Crippen molar-refractivity contribution in [2.75, 3.05) is 15.7 Å². The number of aryl methyl sites for hydroxylation is 1. The fraction of sp³-hybridized carbons (Fsp3) is 0.125. The van der Waals surface area contributed by atoms with Crippen molar-refractivity contribution in [2.45, 2.75) is 11.3 Å². The van der Waals surface area contributed by atoms with E-state index >= 15 is 0 Å². The van der Waals surface area contributed by atoms with Crippen LogP contribution in [0.15, 0.2) is 90.0 Å². The normalized spacial score (nSPS) is 20.4. The maximum Gasteiger partial charge on any atom is 0.243 e. The first-order valence-corrected chi connectivity index (χ1v) is 11.6. The molecule has 31 heavy (non-hydrogen) atoms. The molecule has 0 radical (unpaired) electrons. The molecule has 0 aromatic heterocycles. The third kappa shape index (κ3) is 3.43. The minimum atomic E-state index is -0.895. The Bertz CT molecular complexity index is 1170. The van der Waals surface area contributed by atoms with E-state index < -0.39 is 4.33 Å². The first kappa shape index (κ1) is 19.9. The van der Waals surface area contributed by atoms with E-state index in [0.717, 1.165) is 16.9 Å². The summed E-state index contributed by atoms with van der Waals surface area (Å²) in [6, 6.07) is 26.7. The molecule has 1 fully saturated rings. The van der Waals surface area contributed by atoms with Gasteiger partial charge in [0.25, 0.3) is 0 Å². The molecule has 2 heterocycles. The van der Waals surface area contributed by atoms with Crippen molar-refractivity contribution in [1.29, 1.82) is 0 Å². The Morgan fingerprint density at radius 2 is 1.55 bits per heavy atom. The first-order chi connectivity index (χ1) is 15.1. The van der Waals surface area contributed by atoms with Crippen LogP contribution in [0.1, 0.15) is 15.9 Å². The minimum absolute atomic E-state index is 0.00979. The molecule has 0 bridgehead atoms. The predicted octanol–water partition coefficient (Wildman–Crippen LogP) is 5.14. The van der Waals surface area contributed by atoms with Crippen molar-refractivity contribution in [1.82, 2.24) is 0 Å². The largest absolute Gasteiger partial charge is 0.286 e. The average Bonchev–Trinajstić information content (AvgIpc) is 3.35. The number of benzene rings is 3. The molecule has 0 N–H and O–H groups in total. The van der Waals surface area contributed by atoms with Crippen LogP contribution < -0.4 is 9.91 Å². The van der Waals surface area contributed by atoms with Crippen LogP contribution in [0.4, 0.5) is 11.4 Å². The van der Waals surface area contributed by atoms with Crippen molar-refractivity contribution in [2.24, 2.45) is 5.10 Å². The molecule has 2 aliphatic heterocycles. The highest BCUT2D eigenvalue weighted by Crippen LogP contribution is 2.55. The number of hydrogen-bond acceptors (Lipinski definition) is 6. The van der Waals surface area contributed by atoms with Gasteiger partial charge >= 0.3 is 0 Å². The minimum Gasteiger partial charge on any atom is -0.286 e. The second-order valence-corrected chi connectivity index (χ2v) is 9.82. The molecule has 3 aromatic carbocycles. The smallest absolute Gasteiger partial charge is 0.243 e. The van der Waals surface area contributed by atoms with Crippen molar-refractivity contribution < 1.29 is 9.59 Å². The quantitative estimate of drug-likeness (QED) is 0.521. The van der Waals surface area contributed by atoms with Gasteiger partial charge in [-0.2, -0.15) is 5.10 Å². The summed E-state index contributed by atoms with van der Waals surface area (Å²) in [6.45, 7) is 2.02. The summed E-state index contributed by atoms with van der Waals surface area (Å²) in [5, 5.41) is 6.94. The van der Waals surface area contributed by atoms with Crippen LogP contribution in [0, 0.1) is 6.92 Å². The molecular weight excluding hydrogens is 426 g/mol. The fourth-order valence-corrected chi connectivity index (χ4v) is 6.42. The van der Waals surface area contributed by atoms with Gasteiger partial charge in [0.2, 0.25) is 16.0 Å². The van der Waals surface area contributed by atoms with Crippen LogP contribution in [0.25, 0.3) is 0 Å². The van der Waals surface area contributed by atoms with E-state index in [0.29, 0.717) is 16.4 Å². The van der Waals surface area contributed by atoms with Gasteiger partial charge in [-0.15, -0.1) is 0 Å². The summed E-state index contributed by atoms with van der Waals surface area (Å²) in [7, 11) is 0. The Labute approximate surface area is 189 Å². The predicted molar refractivity (Wildman–Crippen MR) is 129 cm³/mol. The lowest BCUT2D eigenvalue weighted by Gasteiger charge is -2.39. The molecule has 0 saturated carbocycles. The summed E-state index contributed by atoms with van der Waals surface area (Å²) >= 11 is 2.82. The molecule has 0 aliphatic carbocycles. The lowest BCUT2D eigenvalue weighted by molar-refractivity contribution is -0.115. The number of hydrazone groups is 1. The van der Waals surface area contributed by atoms with Crippen molar-refractivity contribution in [3.05, 3.63) is 96.1 Å². The monoisotopic (exact) mass is 445 g/mol. The Balaban J connectivity index is 1.62. The molecule has 7 heteroatoms. The van der Waals surface area contributed by atoms with E-state index in [-0.39, 0.29) is 11.7 Å². The van der Waals surface area contributed by atoms with E-state index in [4.69, 9.17) is 5.10 Å². The number of hydrogen-bond donors (Lipinski definition) is 0. The zero-order valence-electron chi connectivity index (χ0n) is 16.8. The molecule has 3 aromatic rings. The Morgan fingerprint density at radius 1 is 0.903 bits per heavy atom. The lowest BCUT2D eigenvalue weighted by Crippen LogP contribution is -2.51. The van der Waals surface area contributed by atoms with Gasteiger partial charge in [-0.3, -0.25) is 14.5 Å². The summed E-state index contributed by atoms with van der Waals surface area (Å²) in [5.74, 6) is 0.157. The van der Waals surface area contributed by atoms with Crippen LogP contribution in [-0.4, -0.2) is 26.8 Å². The maximum absolute atomic E-state index is 13.3. The molecule has 1 amide bonds. The van der Waals surface area contributed by atoms with Gasteiger partial charge in [0, 0.05) is 11.3 Å². The van der Waals surface area contributed by atoms with Crippen LogP contribution in [-0.2, 0) is 4.79 Å². The van der Waals surface area contributed by atoms with Crippen molar-refractivity contribution in [3.63, 3.8) is 0 Å². The number of carbonyl (C=O) groups excluding carboxylic acids is 2. The number of rotatable bonds is 4. The van der Waals surface area contributed by atoms with E-state index in [9.17, 15) is 9.59 Å². The highest BCUT2D eigenvalue weighted by molar-refractivity contribution is 8.28. The fourth-order valence-electron chi connectivity index (χ4n) is 3.61. The third-order valence-corrected chi connectivity index (χ3v) is 7.94. The van der Waals surface area contributed by atoms with E-state index in [1.165, 1.54) is 23.5 Å². The SMILES string of the molecule is Cc1ccc(N2N=C(C(=O)c3ccccc3)SC23SCC(=O)N3c2ccccc2)cc1. The molecule has 1 unspecified atom stereocenters. The number of amides is 1. The molecule has 154 valence electrons. The number of thioether (sulfide) groups is 2. The number of anilines is 2. The zero-order valence-corrected chi connectivity index (χ0v) is 18.4. The third-order valence-electron chi connectivity index (χ3n) is 5.13. The standard InChI is InChI=1S/C24H19N3O2S2/c1-17-12-14-20(15-13-17)27-24(26(21(28)16-30-24)19-10-6-3-7-11-19)31-23(25-27)22(29)18-8-4-2-5-9-18/h2-15H,16H2,1H3. The summed E-state index contributed by atoms with van der Waals surface area (Å²) < 4.78 is -0.895. The van der Waals surface area contributed by atoms with Crippen molar-refractivity contribution in [3.8, 4) is 0 Å². The molecule has 5 rings (SSSR count). The topological polar surface area (TPSA) is 53.0 Å². The average molecular weight is 446 g/mol. The number of para-hydroxylation sites is 1. The van der Waals surface area contributed by atoms with Gasteiger partial charge in [0.05, 0.1) is 11.4 Å². The molecular formula is C24H19N3O2S2. The maximum atomic E-state index is 13.3. The number of nitrogens with zero attached hydrogens (tertiary/aromatic N) is 3. The lowest BCUT2D eigenvalue weighted by atomic mass is 10.1. The van der Waals surface area contributed by atoms with Crippen LogP contribution >= 0.6 is 23.5 Å².